The SMILES string of the molecule is CC(CCc1ccc(OS(=O)(=O)OCC(Cl)(Cl)Cl)cc1)NCC(O)c1ccc(O)cc1. The number of aliphatic hydroxyl groups is 1. The topological polar surface area (TPSA) is 105 Å². The molecule has 0 aliphatic heterocycles. The number of phenolic OH excluding ortho intramolecular Hbond substituents is 1. The lowest BCUT2D eigenvalue weighted by Gasteiger charge is -2.17. The van der Waals surface area contributed by atoms with Crippen LogP contribution in [0.2, 0.25) is 0 Å². The van der Waals surface area contributed by atoms with E-state index in [-0.39, 0.29) is 17.5 Å². The first-order chi connectivity index (χ1) is 14.4. The van der Waals surface area contributed by atoms with Crippen molar-refractivity contribution < 1.29 is 27.0 Å². The van der Waals surface area contributed by atoms with Gasteiger partial charge in [0.2, 0.25) is 3.79 Å². The standard InChI is InChI=1S/C20H24Cl3NO6S/c1-14(24-12-19(26)16-6-8-17(25)9-7-16)2-3-15-4-10-18(11-5-15)30-31(27,28)29-13-20(21,22)23/h4-11,14,19,24-26H,2-3,12-13H2,1H3. The fourth-order valence-electron chi connectivity index (χ4n) is 2.60. The number of hydrogen-bond donors (Lipinski definition) is 3. The number of hydrogen-bond acceptors (Lipinski definition) is 7. The number of alkyl halides is 3. The maximum absolute atomic E-state index is 11.7. The van der Waals surface area contributed by atoms with E-state index in [1.807, 2.05) is 6.92 Å². The van der Waals surface area contributed by atoms with E-state index in [1.54, 1.807) is 24.3 Å². The van der Waals surface area contributed by atoms with Crippen molar-refractivity contribution in [1.29, 1.82) is 0 Å². The fraction of sp³-hybridized carbons (Fsp3) is 0.400. The first-order valence-electron chi connectivity index (χ1n) is 9.38. The van der Waals surface area contributed by atoms with Crippen molar-refractivity contribution in [1.82, 2.24) is 5.32 Å². The van der Waals surface area contributed by atoms with Crippen LogP contribution in [0, 0.1) is 0 Å². The van der Waals surface area contributed by atoms with E-state index < -0.39 is 26.9 Å². The summed E-state index contributed by atoms with van der Waals surface area (Å²) in [7, 11) is -4.35. The second kappa shape index (κ2) is 11.6. The highest BCUT2D eigenvalue weighted by Gasteiger charge is 2.25. The van der Waals surface area contributed by atoms with Crippen LogP contribution in [0.1, 0.15) is 30.6 Å². The van der Waals surface area contributed by atoms with Gasteiger partial charge in [-0.1, -0.05) is 59.1 Å². The molecule has 11 heteroatoms. The zero-order chi connectivity index (χ0) is 23.1. The minimum atomic E-state index is -4.35. The van der Waals surface area contributed by atoms with Crippen molar-refractivity contribution in [3.8, 4) is 11.5 Å². The lowest BCUT2D eigenvalue weighted by atomic mass is 10.1. The quantitative estimate of drug-likeness (QED) is 0.390. The largest absolute Gasteiger partial charge is 0.508 e. The Labute approximate surface area is 197 Å². The second-order valence-electron chi connectivity index (χ2n) is 6.97. The van der Waals surface area contributed by atoms with Gasteiger partial charge in [0.05, 0.1) is 6.10 Å². The summed E-state index contributed by atoms with van der Waals surface area (Å²) in [5, 5.41) is 22.8. The highest BCUT2D eigenvalue weighted by Crippen LogP contribution is 2.27. The third-order valence-electron chi connectivity index (χ3n) is 4.29. The van der Waals surface area contributed by atoms with Crippen LogP contribution >= 0.6 is 34.8 Å². The zero-order valence-corrected chi connectivity index (χ0v) is 19.8. The highest BCUT2D eigenvalue weighted by atomic mass is 35.6. The molecule has 2 atom stereocenters. The lowest BCUT2D eigenvalue weighted by molar-refractivity contribution is 0.170. The Morgan fingerprint density at radius 2 is 1.68 bits per heavy atom. The van der Waals surface area contributed by atoms with Gasteiger partial charge in [0, 0.05) is 12.6 Å². The third kappa shape index (κ3) is 10.3. The number of benzene rings is 2. The minimum Gasteiger partial charge on any atom is -0.508 e. The Morgan fingerprint density at radius 1 is 1.06 bits per heavy atom. The van der Waals surface area contributed by atoms with Gasteiger partial charge in [0.1, 0.15) is 18.1 Å². The second-order valence-corrected chi connectivity index (χ2v) is 10.7. The van der Waals surface area contributed by atoms with E-state index in [0.717, 1.165) is 24.0 Å². The summed E-state index contributed by atoms with van der Waals surface area (Å²) in [6.07, 6.45) is 0.859. The van der Waals surface area contributed by atoms with E-state index in [0.29, 0.717) is 6.54 Å². The molecule has 172 valence electrons. The smallest absolute Gasteiger partial charge is 0.449 e. The van der Waals surface area contributed by atoms with Crippen LogP contribution in [0.5, 0.6) is 11.5 Å². The van der Waals surface area contributed by atoms with Crippen molar-refractivity contribution in [3.05, 3.63) is 59.7 Å². The normalized spacial score (nSPS) is 14.2. The summed E-state index contributed by atoms with van der Waals surface area (Å²) in [6.45, 7) is 1.73. The maximum atomic E-state index is 11.7. The van der Waals surface area contributed by atoms with Gasteiger partial charge in [-0.05, 0) is 55.2 Å². The number of phenols is 1. The minimum absolute atomic E-state index is 0.0799. The molecule has 3 N–H and O–H groups in total. The van der Waals surface area contributed by atoms with Crippen LogP contribution < -0.4 is 9.50 Å². The predicted molar refractivity (Wildman–Crippen MR) is 121 cm³/mol. The van der Waals surface area contributed by atoms with Crippen molar-refractivity contribution in [2.75, 3.05) is 13.2 Å². The molecule has 2 rings (SSSR count). The van der Waals surface area contributed by atoms with E-state index in [2.05, 4.69) is 9.50 Å². The summed E-state index contributed by atoms with van der Waals surface area (Å²) in [4.78, 5) is 0. The van der Waals surface area contributed by atoms with Crippen LogP contribution in [0.3, 0.4) is 0 Å². The summed E-state index contributed by atoms with van der Waals surface area (Å²) >= 11 is 16.4. The number of aromatic hydroxyl groups is 1. The van der Waals surface area contributed by atoms with Gasteiger partial charge in [-0.3, -0.25) is 0 Å². The summed E-state index contributed by atoms with van der Waals surface area (Å²) in [6, 6.07) is 13.1. The maximum Gasteiger partial charge on any atom is 0.449 e. The predicted octanol–water partition coefficient (Wildman–Crippen LogP) is 4.05. The molecular formula is C20H24Cl3NO6S. The van der Waals surface area contributed by atoms with E-state index in [4.69, 9.17) is 39.0 Å². The Balaban J connectivity index is 1.76. The van der Waals surface area contributed by atoms with Crippen molar-refractivity contribution >= 4 is 45.2 Å². The molecule has 2 unspecified atom stereocenters. The average Bonchev–Trinajstić information content (AvgIpc) is 2.70. The monoisotopic (exact) mass is 511 g/mol. The summed E-state index contributed by atoms with van der Waals surface area (Å²) in [5.74, 6) is 0.234. The number of halogens is 3. The van der Waals surface area contributed by atoms with Gasteiger partial charge < -0.3 is 19.7 Å². The zero-order valence-electron chi connectivity index (χ0n) is 16.7. The van der Waals surface area contributed by atoms with Crippen LogP contribution in [-0.2, 0) is 21.0 Å². The molecule has 0 spiro atoms. The third-order valence-corrected chi connectivity index (χ3v) is 5.42. The molecule has 7 nitrogen and oxygen atoms in total. The van der Waals surface area contributed by atoms with E-state index in [9.17, 15) is 18.6 Å². The first-order valence-corrected chi connectivity index (χ1v) is 11.9. The molecule has 0 saturated carbocycles. The van der Waals surface area contributed by atoms with Gasteiger partial charge in [-0.2, -0.15) is 8.42 Å². The van der Waals surface area contributed by atoms with Crippen LogP contribution in [0.25, 0.3) is 0 Å². The van der Waals surface area contributed by atoms with Gasteiger partial charge in [0.25, 0.3) is 0 Å². The molecule has 31 heavy (non-hydrogen) atoms. The van der Waals surface area contributed by atoms with Crippen molar-refractivity contribution in [3.63, 3.8) is 0 Å². The molecule has 2 aromatic carbocycles. The van der Waals surface area contributed by atoms with Gasteiger partial charge in [-0.25, -0.2) is 4.18 Å². The van der Waals surface area contributed by atoms with E-state index >= 15 is 0 Å². The number of aliphatic hydroxyl groups excluding tert-OH is 1. The Hall–Kier alpha value is -1.26. The van der Waals surface area contributed by atoms with E-state index in [1.165, 1.54) is 24.3 Å². The van der Waals surface area contributed by atoms with Crippen LogP contribution in [-0.4, -0.2) is 41.6 Å². The molecule has 0 heterocycles. The number of nitrogens with one attached hydrogen (secondary N) is 1. The molecule has 2 aromatic rings. The molecule has 0 aromatic heterocycles. The molecular weight excluding hydrogens is 489 g/mol. The fourth-order valence-corrected chi connectivity index (χ4v) is 3.68. The van der Waals surface area contributed by atoms with Gasteiger partial charge in [-0.15, -0.1) is 0 Å². The Kier molecular flexibility index (Phi) is 9.69. The van der Waals surface area contributed by atoms with Gasteiger partial charge >= 0.3 is 10.4 Å². The summed E-state index contributed by atoms with van der Waals surface area (Å²) < 4.78 is 30.9. The number of rotatable bonds is 11. The molecule has 0 fully saturated rings. The van der Waals surface area contributed by atoms with Crippen LogP contribution in [0.15, 0.2) is 48.5 Å². The molecule has 0 amide bonds. The van der Waals surface area contributed by atoms with Gasteiger partial charge in [0.15, 0.2) is 0 Å². The van der Waals surface area contributed by atoms with Crippen molar-refractivity contribution in [2.24, 2.45) is 0 Å². The molecule has 0 saturated heterocycles. The molecule has 0 radical (unpaired) electrons. The van der Waals surface area contributed by atoms with Crippen molar-refractivity contribution in [2.45, 2.75) is 35.7 Å². The average molecular weight is 513 g/mol. The molecule has 0 aliphatic rings. The number of aryl methyl sites for hydroxylation is 1. The summed E-state index contributed by atoms with van der Waals surface area (Å²) in [5.41, 5.74) is 1.71. The van der Waals surface area contributed by atoms with Crippen LogP contribution in [0.4, 0.5) is 0 Å². The first kappa shape index (κ1) is 26.0. The lowest BCUT2D eigenvalue weighted by Crippen LogP contribution is -2.30. The Morgan fingerprint density at radius 3 is 2.26 bits per heavy atom. The Bertz CT molecular complexity index is 917. The highest BCUT2D eigenvalue weighted by molar-refractivity contribution is 7.82. The molecule has 0 bridgehead atoms. The molecule has 0 aliphatic carbocycles.